The lowest BCUT2D eigenvalue weighted by molar-refractivity contribution is -0.0140. The molecule has 1 saturated heterocycles. The molecule has 1 heterocycles. The molecule has 110 valence electrons. The van der Waals surface area contributed by atoms with Crippen LogP contribution in [0.15, 0.2) is 10.5 Å². The average Bonchev–Trinajstić information content (AvgIpc) is 2.43. The van der Waals surface area contributed by atoms with Crippen LogP contribution in [-0.4, -0.2) is 36.4 Å². The fourth-order valence-corrected chi connectivity index (χ4v) is 2.65. The summed E-state index contributed by atoms with van der Waals surface area (Å²) in [5.74, 6) is -1.07. The standard InChI is InChI=1S/C14H17BrFNO3/c1-7-8(2)13(16)9(5-10(7)15)14(19)17-11-6-20-4-3-12(11)18/h5,11-12,18H,3-4,6H2,1-2H3,(H,17,19)/t11-,12-/m0/s1. The molecule has 2 atom stereocenters. The molecule has 1 aromatic rings. The number of halogens is 2. The Morgan fingerprint density at radius 1 is 1.50 bits per heavy atom. The Morgan fingerprint density at radius 3 is 2.85 bits per heavy atom. The number of hydrogen-bond acceptors (Lipinski definition) is 3. The van der Waals surface area contributed by atoms with Crippen molar-refractivity contribution < 1.29 is 19.0 Å². The van der Waals surface area contributed by atoms with Crippen LogP contribution in [0, 0.1) is 19.7 Å². The van der Waals surface area contributed by atoms with Gasteiger partial charge in [0, 0.05) is 11.1 Å². The number of nitrogens with one attached hydrogen (secondary N) is 1. The molecular formula is C14H17BrFNO3. The van der Waals surface area contributed by atoms with Gasteiger partial charge in [-0.05, 0) is 37.5 Å². The molecule has 1 aliphatic heterocycles. The van der Waals surface area contributed by atoms with Gasteiger partial charge in [0.15, 0.2) is 0 Å². The van der Waals surface area contributed by atoms with Crippen molar-refractivity contribution >= 4 is 21.8 Å². The Bertz CT molecular complexity index is 536. The maximum Gasteiger partial charge on any atom is 0.254 e. The molecule has 2 N–H and O–H groups in total. The van der Waals surface area contributed by atoms with Crippen LogP contribution in [0.25, 0.3) is 0 Å². The molecule has 0 unspecified atom stereocenters. The van der Waals surface area contributed by atoms with E-state index in [-0.39, 0.29) is 12.2 Å². The highest BCUT2D eigenvalue weighted by atomic mass is 79.9. The third-order valence-corrected chi connectivity index (χ3v) is 4.46. The largest absolute Gasteiger partial charge is 0.391 e. The second-order valence-electron chi connectivity index (χ2n) is 4.98. The van der Waals surface area contributed by atoms with Crippen molar-refractivity contribution in [2.45, 2.75) is 32.4 Å². The highest BCUT2D eigenvalue weighted by molar-refractivity contribution is 9.10. The molecule has 1 aromatic carbocycles. The molecule has 0 spiro atoms. The smallest absolute Gasteiger partial charge is 0.254 e. The zero-order valence-electron chi connectivity index (χ0n) is 11.4. The van der Waals surface area contributed by atoms with E-state index in [4.69, 9.17) is 4.74 Å². The summed E-state index contributed by atoms with van der Waals surface area (Å²) >= 11 is 3.32. The van der Waals surface area contributed by atoms with E-state index in [0.717, 1.165) is 5.56 Å². The van der Waals surface area contributed by atoms with Gasteiger partial charge >= 0.3 is 0 Å². The Balaban J connectivity index is 2.21. The van der Waals surface area contributed by atoms with Crippen molar-refractivity contribution in [1.29, 1.82) is 0 Å². The zero-order chi connectivity index (χ0) is 14.9. The van der Waals surface area contributed by atoms with Crippen LogP contribution in [0.4, 0.5) is 4.39 Å². The summed E-state index contributed by atoms with van der Waals surface area (Å²) in [4.78, 5) is 12.2. The first kappa shape index (κ1) is 15.4. The minimum Gasteiger partial charge on any atom is -0.391 e. The van der Waals surface area contributed by atoms with Crippen LogP contribution < -0.4 is 5.32 Å². The number of aliphatic hydroxyl groups is 1. The van der Waals surface area contributed by atoms with Gasteiger partial charge in [-0.3, -0.25) is 4.79 Å². The second kappa shape index (κ2) is 6.20. The van der Waals surface area contributed by atoms with Gasteiger partial charge in [-0.25, -0.2) is 4.39 Å². The third kappa shape index (κ3) is 3.02. The van der Waals surface area contributed by atoms with E-state index in [2.05, 4.69) is 21.2 Å². The summed E-state index contributed by atoms with van der Waals surface area (Å²) in [6.45, 7) is 4.12. The number of ether oxygens (including phenoxy) is 1. The van der Waals surface area contributed by atoms with E-state index < -0.39 is 23.9 Å². The van der Waals surface area contributed by atoms with Crippen LogP contribution in [0.2, 0.25) is 0 Å². The van der Waals surface area contributed by atoms with E-state index in [1.165, 1.54) is 6.07 Å². The third-order valence-electron chi connectivity index (χ3n) is 3.64. The molecule has 20 heavy (non-hydrogen) atoms. The highest BCUT2D eigenvalue weighted by Crippen LogP contribution is 2.25. The summed E-state index contributed by atoms with van der Waals surface area (Å²) in [7, 11) is 0. The van der Waals surface area contributed by atoms with Crippen molar-refractivity contribution in [2.24, 2.45) is 0 Å². The van der Waals surface area contributed by atoms with E-state index in [1.807, 2.05) is 0 Å². The first-order valence-corrected chi connectivity index (χ1v) is 7.23. The summed E-state index contributed by atoms with van der Waals surface area (Å²) in [6.07, 6.45) is -0.199. The normalized spacial score (nSPS) is 22.6. The van der Waals surface area contributed by atoms with Crippen LogP contribution >= 0.6 is 15.9 Å². The number of rotatable bonds is 2. The second-order valence-corrected chi connectivity index (χ2v) is 5.84. The Hall–Kier alpha value is -0.980. The molecular weight excluding hydrogens is 329 g/mol. The topological polar surface area (TPSA) is 58.6 Å². The molecule has 1 amide bonds. The predicted octanol–water partition coefficient (Wildman–Crippen LogP) is 2.08. The maximum atomic E-state index is 14.2. The van der Waals surface area contributed by atoms with Gasteiger partial charge in [0.1, 0.15) is 5.82 Å². The van der Waals surface area contributed by atoms with E-state index in [9.17, 15) is 14.3 Å². The number of benzene rings is 1. The predicted molar refractivity (Wildman–Crippen MR) is 76.3 cm³/mol. The highest BCUT2D eigenvalue weighted by Gasteiger charge is 2.27. The minimum atomic E-state index is -0.661. The molecule has 2 rings (SSSR count). The number of carbonyl (C=O) groups is 1. The summed E-state index contributed by atoms with van der Waals surface area (Å²) in [6, 6.07) is 0.958. The van der Waals surface area contributed by atoms with Crippen molar-refractivity contribution in [2.75, 3.05) is 13.2 Å². The van der Waals surface area contributed by atoms with Crippen molar-refractivity contribution in [1.82, 2.24) is 5.32 Å². The monoisotopic (exact) mass is 345 g/mol. The average molecular weight is 346 g/mol. The van der Waals surface area contributed by atoms with Crippen LogP contribution in [0.5, 0.6) is 0 Å². The first-order chi connectivity index (χ1) is 9.41. The Labute approximate surface area is 125 Å². The quantitative estimate of drug-likeness (QED) is 0.862. The number of carbonyl (C=O) groups excluding carboxylic acids is 1. The zero-order valence-corrected chi connectivity index (χ0v) is 13.0. The lowest BCUT2D eigenvalue weighted by atomic mass is 10.0. The van der Waals surface area contributed by atoms with Gasteiger partial charge in [0.2, 0.25) is 0 Å². The molecule has 6 heteroatoms. The molecule has 0 aromatic heterocycles. The van der Waals surface area contributed by atoms with Crippen LogP contribution in [0.1, 0.15) is 27.9 Å². The number of hydrogen-bond donors (Lipinski definition) is 2. The fourth-order valence-electron chi connectivity index (χ4n) is 2.12. The first-order valence-electron chi connectivity index (χ1n) is 6.43. The van der Waals surface area contributed by atoms with E-state index >= 15 is 0 Å². The van der Waals surface area contributed by atoms with Gasteiger partial charge < -0.3 is 15.2 Å². The van der Waals surface area contributed by atoms with Gasteiger partial charge in [0.05, 0.1) is 24.3 Å². The fraction of sp³-hybridized carbons (Fsp3) is 0.500. The molecule has 4 nitrogen and oxygen atoms in total. The van der Waals surface area contributed by atoms with Crippen molar-refractivity contribution in [3.05, 3.63) is 33.0 Å². The molecule has 0 aliphatic carbocycles. The molecule has 1 aliphatic rings. The maximum absolute atomic E-state index is 14.2. The lowest BCUT2D eigenvalue weighted by Crippen LogP contribution is -2.49. The Morgan fingerprint density at radius 2 is 2.20 bits per heavy atom. The van der Waals surface area contributed by atoms with Crippen molar-refractivity contribution in [3.63, 3.8) is 0 Å². The summed E-state index contributed by atoms with van der Waals surface area (Å²) < 4.78 is 20.1. The number of amides is 1. The lowest BCUT2D eigenvalue weighted by Gasteiger charge is -2.28. The van der Waals surface area contributed by atoms with Gasteiger partial charge in [0.25, 0.3) is 5.91 Å². The summed E-state index contributed by atoms with van der Waals surface area (Å²) in [5, 5.41) is 12.4. The van der Waals surface area contributed by atoms with Gasteiger partial charge in [-0.15, -0.1) is 0 Å². The molecule has 0 bridgehead atoms. The molecule has 0 radical (unpaired) electrons. The molecule has 0 saturated carbocycles. The summed E-state index contributed by atoms with van der Waals surface area (Å²) in [5.41, 5.74) is 1.17. The van der Waals surface area contributed by atoms with E-state index in [1.54, 1.807) is 13.8 Å². The molecule has 1 fully saturated rings. The van der Waals surface area contributed by atoms with E-state index in [0.29, 0.717) is 23.1 Å². The number of aliphatic hydroxyl groups excluding tert-OH is 1. The van der Waals surface area contributed by atoms with Crippen LogP contribution in [0.3, 0.4) is 0 Å². The SMILES string of the molecule is Cc1c(Br)cc(C(=O)N[C@H]2COCC[C@@H]2O)c(F)c1C. The van der Waals surface area contributed by atoms with Crippen LogP contribution in [-0.2, 0) is 4.74 Å². The van der Waals surface area contributed by atoms with Crippen molar-refractivity contribution in [3.8, 4) is 0 Å². The Kier molecular flexibility index (Phi) is 4.78. The van der Waals surface area contributed by atoms with Gasteiger partial charge in [-0.2, -0.15) is 0 Å². The minimum absolute atomic E-state index is 0.0299. The van der Waals surface area contributed by atoms with Gasteiger partial charge in [-0.1, -0.05) is 15.9 Å².